The maximum absolute atomic E-state index is 5.37. The number of rotatable bonds is 6. The fourth-order valence-electron chi connectivity index (χ4n) is 2.54. The van der Waals surface area contributed by atoms with Gasteiger partial charge in [-0.1, -0.05) is 42.5 Å². The summed E-state index contributed by atoms with van der Waals surface area (Å²) in [4.78, 5) is 0. The van der Waals surface area contributed by atoms with Gasteiger partial charge in [-0.05, 0) is 36.0 Å². The standard InChI is InChI=1S/C19H19N3O2S/c1-23-16-11-10-15(13-17(16)24-2)18-20-21-19(25)22(18)12-6-9-14-7-4-3-5-8-14/h3-11,13H,12H2,1-2H3,(H,21,25). The van der Waals surface area contributed by atoms with Gasteiger partial charge in [0.1, 0.15) is 0 Å². The lowest BCUT2D eigenvalue weighted by atomic mass is 10.2. The van der Waals surface area contributed by atoms with Gasteiger partial charge in [0.2, 0.25) is 0 Å². The molecule has 0 radical (unpaired) electrons. The van der Waals surface area contributed by atoms with Crippen molar-refractivity contribution in [3.63, 3.8) is 0 Å². The van der Waals surface area contributed by atoms with Crippen LogP contribution in [0.4, 0.5) is 0 Å². The van der Waals surface area contributed by atoms with Gasteiger partial charge in [0.25, 0.3) is 0 Å². The summed E-state index contributed by atoms with van der Waals surface area (Å²) < 4.78 is 13.2. The van der Waals surface area contributed by atoms with Gasteiger partial charge in [-0.25, -0.2) is 0 Å². The van der Waals surface area contributed by atoms with E-state index in [1.165, 1.54) is 0 Å². The Morgan fingerprint density at radius 2 is 1.84 bits per heavy atom. The van der Waals surface area contributed by atoms with Crippen LogP contribution in [0.25, 0.3) is 17.5 Å². The average Bonchev–Trinajstić information content (AvgIpc) is 3.02. The zero-order valence-electron chi connectivity index (χ0n) is 14.1. The molecule has 25 heavy (non-hydrogen) atoms. The topological polar surface area (TPSA) is 52.1 Å². The molecule has 0 saturated heterocycles. The van der Waals surface area contributed by atoms with Crippen LogP contribution in [0, 0.1) is 4.77 Å². The van der Waals surface area contributed by atoms with Crippen molar-refractivity contribution < 1.29 is 9.47 Å². The van der Waals surface area contributed by atoms with Crippen LogP contribution < -0.4 is 9.47 Å². The predicted molar refractivity (Wildman–Crippen MR) is 101 cm³/mol. The first-order chi connectivity index (χ1) is 12.2. The van der Waals surface area contributed by atoms with E-state index in [9.17, 15) is 0 Å². The van der Waals surface area contributed by atoms with Crippen LogP contribution >= 0.6 is 12.2 Å². The fourth-order valence-corrected chi connectivity index (χ4v) is 2.75. The number of aromatic amines is 1. The molecule has 3 aromatic rings. The first-order valence-electron chi connectivity index (χ1n) is 7.82. The first kappa shape index (κ1) is 17.0. The highest BCUT2D eigenvalue weighted by molar-refractivity contribution is 7.71. The molecule has 0 amide bonds. The van der Waals surface area contributed by atoms with E-state index < -0.39 is 0 Å². The molecule has 0 spiro atoms. The van der Waals surface area contributed by atoms with Gasteiger partial charge in [0.05, 0.1) is 14.2 Å². The molecule has 5 nitrogen and oxygen atoms in total. The molecule has 0 fully saturated rings. The summed E-state index contributed by atoms with van der Waals surface area (Å²) in [6.07, 6.45) is 4.12. The predicted octanol–water partition coefficient (Wildman–Crippen LogP) is 4.34. The van der Waals surface area contributed by atoms with Crippen molar-refractivity contribution in [2.24, 2.45) is 0 Å². The largest absolute Gasteiger partial charge is 0.493 e. The Morgan fingerprint density at radius 3 is 2.56 bits per heavy atom. The third-order valence-corrected chi connectivity index (χ3v) is 4.11. The minimum Gasteiger partial charge on any atom is -0.493 e. The Balaban J connectivity index is 1.89. The number of H-pyrrole nitrogens is 1. The lowest BCUT2D eigenvalue weighted by molar-refractivity contribution is 0.355. The molecule has 0 atom stereocenters. The van der Waals surface area contributed by atoms with Crippen molar-refractivity contribution in [2.75, 3.05) is 14.2 Å². The third kappa shape index (κ3) is 3.80. The van der Waals surface area contributed by atoms with Gasteiger partial charge >= 0.3 is 0 Å². The second-order valence-electron chi connectivity index (χ2n) is 5.35. The number of hydrogen-bond donors (Lipinski definition) is 1. The first-order valence-corrected chi connectivity index (χ1v) is 8.23. The van der Waals surface area contributed by atoms with Gasteiger partial charge in [-0.2, -0.15) is 5.10 Å². The summed E-state index contributed by atoms with van der Waals surface area (Å²) in [5, 5.41) is 7.22. The van der Waals surface area contributed by atoms with Crippen LogP contribution in [0.5, 0.6) is 11.5 Å². The number of aromatic nitrogens is 3. The second-order valence-corrected chi connectivity index (χ2v) is 5.73. The summed E-state index contributed by atoms with van der Waals surface area (Å²) in [5.41, 5.74) is 2.04. The molecule has 0 saturated carbocycles. The van der Waals surface area contributed by atoms with E-state index in [1.54, 1.807) is 14.2 Å². The molecule has 1 aromatic heterocycles. The van der Waals surface area contributed by atoms with Crippen molar-refractivity contribution in [1.82, 2.24) is 14.8 Å². The molecule has 0 aliphatic carbocycles. The van der Waals surface area contributed by atoms with Crippen molar-refractivity contribution in [2.45, 2.75) is 6.54 Å². The Bertz CT molecular complexity index is 929. The van der Waals surface area contributed by atoms with Crippen molar-refractivity contribution in [1.29, 1.82) is 0 Å². The zero-order valence-corrected chi connectivity index (χ0v) is 14.9. The van der Waals surface area contributed by atoms with Crippen molar-refractivity contribution in [3.05, 3.63) is 64.9 Å². The van der Waals surface area contributed by atoms with E-state index in [0.29, 0.717) is 22.8 Å². The fraction of sp³-hybridized carbons (Fsp3) is 0.158. The number of benzene rings is 2. The molecule has 0 unspecified atom stereocenters. The van der Waals surface area contributed by atoms with Gasteiger partial charge in [0, 0.05) is 12.1 Å². The Kier molecular flexibility index (Phi) is 5.30. The van der Waals surface area contributed by atoms with E-state index in [4.69, 9.17) is 21.7 Å². The quantitative estimate of drug-likeness (QED) is 0.670. The van der Waals surface area contributed by atoms with Crippen molar-refractivity contribution in [3.8, 4) is 22.9 Å². The maximum Gasteiger partial charge on any atom is 0.195 e. The monoisotopic (exact) mass is 353 g/mol. The van der Waals surface area contributed by atoms with Crippen LogP contribution in [0.15, 0.2) is 54.6 Å². The molecule has 128 valence electrons. The van der Waals surface area contributed by atoms with E-state index in [-0.39, 0.29) is 0 Å². The molecule has 2 aromatic carbocycles. The highest BCUT2D eigenvalue weighted by Gasteiger charge is 2.11. The number of methoxy groups -OCH3 is 2. The minimum absolute atomic E-state index is 0.572. The molecular weight excluding hydrogens is 334 g/mol. The summed E-state index contributed by atoms with van der Waals surface area (Å²) >= 11 is 5.37. The summed E-state index contributed by atoms with van der Waals surface area (Å²) in [7, 11) is 3.23. The molecule has 1 heterocycles. The van der Waals surface area contributed by atoms with Crippen LogP contribution in [0.1, 0.15) is 5.56 Å². The van der Waals surface area contributed by atoms with Crippen LogP contribution in [-0.4, -0.2) is 29.0 Å². The molecule has 3 rings (SSSR count). The second kappa shape index (κ2) is 7.81. The number of allylic oxidation sites excluding steroid dienone is 1. The summed E-state index contributed by atoms with van der Waals surface area (Å²) in [5.74, 6) is 2.08. The molecule has 1 N–H and O–H groups in total. The van der Waals surface area contributed by atoms with Crippen LogP contribution in [-0.2, 0) is 6.54 Å². The molecule has 6 heteroatoms. The van der Waals surface area contributed by atoms with E-state index in [2.05, 4.69) is 34.5 Å². The molecule has 0 aliphatic heterocycles. The molecular formula is C19H19N3O2S. The van der Waals surface area contributed by atoms with E-state index in [1.807, 2.05) is 41.0 Å². The SMILES string of the molecule is COc1ccc(-c2n[nH]c(=S)n2CC=Cc2ccccc2)cc1OC. The number of ether oxygens (including phenoxy) is 2. The maximum atomic E-state index is 5.37. The van der Waals surface area contributed by atoms with Crippen LogP contribution in [0.2, 0.25) is 0 Å². The van der Waals surface area contributed by atoms with Gasteiger partial charge in [-0.3, -0.25) is 9.67 Å². The van der Waals surface area contributed by atoms with Gasteiger partial charge in [0.15, 0.2) is 22.1 Å². The van der Waals surface area contributed by atoms with Crippen LogP contribution in [0.3, 0.4) is 0 Å². The molecule has 0 bridgehead atoms. The Morgan fingerprint density at radius 1 is 1.08 bits per heavy atom. The normalized spacial score (nSPS) is 11.0. The average molecular weight is 353 g/mol. The Hall–Kier alpha value is -2.86. The zero-order chi connectivity index (χ0) is 17.6. The molecule has 0 aliphatic rings. The Labute approximate surface area is 151 Å². The number of nitrogens with one attached hydrogen (secondary N) is 1. The van der Waals surface area contributed by atoms with Gasteiger partial charge in [-0.15, -0.1) is 0 Å². The highest BCUT2D eigenvalue weighted by Crippen LogP contribution is 2.31. The lowest BCUT2D eigenvalue weighted by Crippen LogP contribution is -1.99. The summed E-state index contributed by atoms with van der Waals surface area (Å²) in [6.45, 7) is 0.619. The summed E-state index contributed by atoms with van der Waals surface area (Å²) in [6, 6.07) is 15.8. The van der Waals surface area contributed by atoms with E-state index >= 15 is 0 Å². The lowest BCUT2D eigenvalue weighted by Gasteiger charge is -2.10. The van der Waals surface area contributed by atoms with E-state index in [0.717, 1.165) is 17.0 Å². The number of nitrogens with zero attached hydrogens (tertiary/aromatic N) is 2. The number of hydrogen-bond acceptors (Lipinski definition) is 4. The minimum atomic E-state index is 0.572. The highest BCUT2D eigenvalue weighted by atomic mass is 32.1. The van der Waals surface area contributed by atoms with Crippen molar-refractivity contribution >= 4 is 18.3 Å². The van der Waals surface area contributed by atoms with Gasteiger partial charge < -0.3 is 9.47 Å². The smallest absolute Gasteiger partial charge is 0.195 e. The third-order valence-electron chi connectivity index (χ3n) is 3.80.